The van der Waals surface area contributed by atoms with Gasteiger partial charge in [0.1, 0.15) is 18.2 Å². The molecule has 0 aliphatic carbocycles. The van der Waals surface area contributed by atoms with Crippen molar-refractivity contribution in [3.8, 4) is 0 Å². The maximum Gasteiger partial charge on any atom is 0.262 e. The first kappa shape index (κ1) is 18.1. The fourth-order valence-corrected chi connectivity index (χ4v) is 3.53. The quantitative estimate of drug-likeness (QED) is 0.789. The molecule has 1 aromatic heterocycles. The molecule has 144 valence electrons. The zero-order valence-electron chi connectivity index (χ0n) is 15.4. The minimum absolute atomic E-state index is 0.143. The molecule has 1 saturated heterocycles. The highest BCUT2D eigenvalue weighted by atomic mass is 16.2. The van der Waals surface area contributed by atoms with Crippen molar-refractivity contribution in [1.82, 2.24) is 20.2 Å². The van der Waals surface area contributed by atoms with E-state index in [-0.39, 0.29) is 13.1 Å². The van der Waals surface area contributed by atoms with Crippen LogP contribution < -0.4 is 10.2 Å². The predicted octanol–water partition coefficient (Wildman–Crippen LogP) is 1.38. The summed E-state index contributed by atoms with van der Waals surface area (Å²) in [6, 6.07) is 8.44. The average molecular weight is 379 g/mol. The standard InChI is InChI=1S/C20H21N5O3/c26-18(13-25-19(27)14-6-2-3-7-15(14)20(25)28)22-12-16-21-9-8-17(23-16)24-10-4-1-5-11-24/h2-3,6-9H,1,4-5,10-13H2,(H,22,26). The number of hydrogen-bond acceptors (Lipinski definition) is 6. The Morgan fingerprint density at radius 1 is 1.00 bits per heavy atom. The molecule has 0 unspecified atom stereocenters. The molecule has 2 aliphatic heterocycles. The fraction of sp³-hybridized carbons (Fsp3) is 0.350. The van der Waals surface area contributed by atoms with Crippen LogP contribution in [-0.2, 0) is 11.3 Å². The van der Waals surface area contributed by atoms with Gasteiger partial charge in [-0.15, -0.1) is 0 Å². The lowest BCUT2D eigenvalue weighted by molar-refractivity contribution is -0.121. The number of amides is 3. The number of carbonyl (C=O) groups excluding carboxylic acids is 3. The van der Waals surface area contributed by atoms with E-state index >= 15 is 0 Å². The van der Waals surface area contributed by atoms with Crippen molar-refractivity contribution in [1.29, 1.82) is 0 Å². The van der Waals surface area contributed by atoms with Crippen molar-refractivity contribution in [2.45, 2.75) is 25.8 Å². The molecule has 4 rings (SSSR count). The van der Waals surface area contributed by atoms with E-state index in [1.54, 1.807) is 30.5 Å². The summed E-state index contributed by atoms with van der Waals surface area (Å²) in [4.78, 5) is 48.8. The number of piperidine rings is 1. The zero-order valence-corrected chi connectivity index (χ0v) is 15.4. The second-order valence-electron chi connectivity index (χ2n) is 6.90. The molecule has 1 fully saturated rings. The van der Waals surface area contributed by atoms with E-state index in [2.05, 4.69) is 20.2 Å². The second kappa shape index (κ2) is 7.75. The van der Waals surface area contributed by atoms with Gasteiger partial charge >= 0.3 is 0 Å². The van der Waals surface area contributed by atoms with Crippen molar-refractivity contribution in [3.63, 3.8) is 0 Å². The molecule has 0 spiro atoms. The van der Waals surface area contributed by atoms with E-state index in [1.165, 1.54) is 6.42 Å². The summed E-state index contributed by atoms with van der Waals surface area (Å²) in [6.45, 7) is 1.77. The van der Waals surface area contributed by atoms with E-state index in [4.69, 9.17) is 0 Å². The van der Waals surface area contributed by atoms with E-state index in [0.29, 0.717) is 17.0 Å². The van der Waals surface area contributed by atoms with E-state index in [1.807, 2.05) is 6.07 Å². The number of anilines is 1. The summed E-state index contributed by atoms with van der Waals surface area (Å²) in [7, 11) is 0. The highest BCUT2D eigenvalue weighted by Gasteiger charge is 2.36. The first-order chi connectivity index (χ1) is 13.6. The maximum absolute atomic E-state index is 12.3. The van der Waals surface area contributed by atoms with Gasteiger partial charge in [0.15, 0.2) is 0 Å². The zero-order chi connectivity index (χ0) is 19.5. The molecular weight excluding hydrogens is 358 g/mol. The smallest absolute Gasteiger partial charge is 0.262 e. The monoisotopic (exact) mass is 379 g/mol. The minimum atomic E-state index is -0.445. The number of benzene rings is 1. The molecule has 28 heavy (non-hydrogen) atoms. The molecule has 2 aliphatic rings. The van der Waals surface area contributed by atoms with Crippen LogP contribution in [0.3, 0.4) is 0 Å². The van der Waals surface area contributed by atoms with Gasteiger partial charge in [-0.05, 0) is 37.5 Å². The highest BCUT2D eigenvalue weighted by Crippen LogP contribution is 2.22. The van der Waals surface area contributed by atoms with Crippen molar-refractivity contribution in [3.05, 3.63) is 53.5 Å². The number of nitrogens with zero attached hydrogens (tertiary/aromatic N) is 4. The summed E-state index contributed by atoms with van der Waals surface area (Å²) < 4.78 is 0. The van der Waals surface area contributed by atoms with Gasteiger partial charge in [-0.3, -0.25) is 19.3 Å². The third kappa shape index (κ3) is 3.58. The highest BCUT2D eigenvalue weighted by molar-refractivity contribution is 6.22. The van der Waals surface area contributed by atoms with E-state index in [0.717, 1.165) is 36.6 Å². The van der Waals surface area contributed by atoms with Gasteiger partial charge in [-0.2, -0.15) is 0 Å². The average Bonchev–Trinajstić information content (AvgIpc) is 2.98. The lowest BCUT2D eigenvalue weighted by Crippen LogP contribution is -2.40. The van der Waals surface area contributed by atoms with Crippen molar-refractivity contribution < 1.29 is 14.4 Å². The van der Waals surface area contributed by atoms with Crippen LogP contribution in [0.25, 0.3) is 0 Å². The number of fused-ring (bicyclic) bond motifs is 1. The Morgan fingerprint density at radius 3 is 2.36 bits per heavy atom. The predicted molar refractivity (Wildman–Crippen MR) is 102 cm³/mol. The summed E-state index contributed by atoms with van der Waals surface area (Å²) in [6.07, 6.45) is 5.22. The van der Waals surface area contributed by atoms with Crippen LogP contribution in [0.15, 0.2) is 36.5 Å². The Kier molecular flexibility index (Phi) is 5.01. The molecular formula is C20H21N5O3. The van der Waals surface area contributed by atoms with Gasteiger partial charge in [0, 0.05) is 19.3 Å². The molecule has 0 atom stereocenters. The Balaban J connectivity index is 1.35. The molecule has 0 radical (unpaired) electrons. The van der Waals surface area contributed by atoms with Crippen LogP contribution >= 0.6 is 0 Å². The van der Waals surface area contributed by atoms with Crippen LogP contribution in [0, 0.1) is 0 Å². The normalized spacial score (nSPS) is 16.3. The third-order valence-electron chi connectivity index (χ3n) is 4.99. The molecule has 0 saturated carbocycles. The van der Waals surface area contributed by atoms with Crippen molar-refractivity contribution >= 4 is 23.5 Å². The summed E-state index contributed by atoms with van der Waals surface area (Å²) in [5.74, 6) is 0.0396. The number of imide groups is 1. The van der Waals surface area contributed by atoms with Crippen LogP contribution in [0.4, 0.5) is 5.82 Å². The van der Waals surface area contributed by atoms with Crippen molar-refractivity contribution in [2.24, 2.45) is 0 Å². The Morgan fingerprint density at radius 2 is 1.68 bits per heavy atom. The van der Waals surface area contributed by atoms with Gasteiger partial charge in [0.2, 0.25) is 5.91 Å². The number of hydrogen-bond donors (Lipinski definition) is 1. The van der Waals surface area contributed by atoms with Gasteiger partial charge in [0.25, 0.3) is 11.8 Å². The molecule has 1 aromatic carbocycles. The maximum atomic E-state index is 12.3. The second-order valence-corrected chi connectivity index (χ2v) is 6.90. The SMILES string of the molecule is O=C(CN1C(=O)c2ccccc2C1=O)NCc1nccc(N2CCCCC2)n1. The van der Waals surface area contributed by atoms with Crippen molar-refractivity contribution in [2.75, 3.05) is 24.5 Å². The lowest BCUT2D eigenvalue weighted by atomic mass is 10.1. The van der Waals surface area contributed by atoms with E-state index in [9.17, 15) is 14.4 Å². The van der Waals surface area contributed by atoms with Gasteiger partial charge < -0.3 is 10.2 Å². The van der Waals surface area contributed by atoms with Gasteiger partial charge in [0.05, 0.1) is 17.7 Å². The minimum Gasteiger partial charge on any atom is -0.357 e. The number of carbonyl (C=O) groups is 3. The summed E-state index contributed by atoms with van der Waals surface area (Å²) in [5, 5.41) is 2.70. The first-order valence-corrected chi connectivity index (χ1v) is 9.42. The number of aromatic nitrogens is 2. The third-order valence-corrected chi connectivity index (χ3v) is 4.99. The molecule has 8 heteroatoms. The fourth-order valence-electron chi connectivity index (χ4n) is 3.53. The number of nitrogens with one attached hydrogen (secondary N) is 1. The largest absolute Gasteiger partial charge is 0.357 e. The van der Waals surface area contributed by atoms with Crippen LogP contribution in [0.2, 0.25) is 0 Å². The Bertz CT molecular complexity index is 889. The van der Waals surface area contributed by atoms with Crippen LogP contribution in [-0.4, -0.2) is 52.2 Å². The Hall–Kier alpha value is -3.29. The first-order valence-electron chi connectivity index (χ1n) is 9.42. The molecule has 8 nitrogen and oxygen atoms in total. The molecule has 1 N–H and O–H groups in total. The van der Waals surface area contributed by atoms with Crippen LogP contribution in [0.5, 0.6) is 0 Å². The summed E-state index contributed by atoms with van der Waals surface area (Å²) >= 11 is 0. The topological polar surface area (TPSA) is 95.5 Å². The van der Waals surface area contributed by atoms with E-state index < -0.39 is 17.7 Å². The molecule has 3 heterocycles. The molecule has 0 bridgehead atoms. The van der Waals surface area contributed by atoms with Gasteiger partial charge in [-0.1, -0.05) is 12.1 Å². The van der Waals surface area contributed by atoms with Gasteiger partial charge in [-0.25, -0.2) is 9.97 Å². The molecule has 3 amide bonds. The number of rotatable bonds is 5. The lowest BCUT2D eigenvalue weighted by Gasteiger charge is -2.27. The summed E-state index contributed by atoms with van der Waals surface area (Å²) in [5.41, 5.74) is 0.663. The Labute approximate surface area is 162 Å². The van der Waals surface area contributed by atoms with Crippen LogP contribution in [0.1, 0.15) is 45.8 Å². The molecule has 2 aromatic rings.